The van der Waals surface area contributed by atoms with Crippen LogP contribution in [0.3, 0.4) is 0 Å². The van der Waals surface area contributed by atoms with Crippen LogP contribution < -0.4 is 5.73 Å². The molecule has 0 bridgehead atoms. The summed E-state index contributed by atoms with van der Waals surface area (Å²) in [4.78, 5) is 0. The second kappa shape index (κ2) is 5.45. The van der Waals surface area contributed by atoms with E-state index in [1.807, 2.05) is 6.92 Å². The third-order valence-corrected chi connectivity index (χ3v) is 6.10. The summed E-state index contributed by atoms with van der Waals surface area (Å²) < 4.78 is 35.7. The quantitative estimate of drug-likeness (QED) is 0.808. The highest BCUT2D eigenvalue weighted by molar-refractivity contribution is 7.92. The van der Waals surface area contributed by atoms with Gasteiger partial charge in [-0.05, 0) is 26.2 Å². The van der Waals surface area contributed by atoms with Crippen LogP contribution >= 0.6 is 0 Å². The predicted molar refractivity (Wildman–Crippen MR) is 69.2 cm³/mol. The molecule has 0 saturated carbocycles. The number of hydrogen-bond acceptors (Lipinski definition) is 5. The zero-order valence-corrected chi connectivity index (χ0v) is 11.7. The van der Waals surface area contributed by atoms with Crippen molar-refractivity contribution in [3.8, 4) is 0 Å². The van der Waals surface area contributed by atoms with E-state index >= 15 is 0 Å². The molecule has 2 aliphatic rings. The van der Waals surface area contributed by atoms with Crippen LogP contribution in [0, 0.1) is 0 Å². The molecular formula is C12H23NO4S. The summed E-state index contributed by atoms with van der Waals surface area (Å²) in [5.41, 5.74) is 5.29. The highest BCUT2D eigenvalue weighted by atomic mass is 32.2. The first-order valence-corrected chi connectivity index (χ1v) is 8.34. The Morgan fingerprint density at radius 3 is 2.83 bits per heavy atom. The highest BCUT2D eigenvalue weighted by Crippen LogP contribution is 2.35. The number of hydrogen-bond donors (Lipinski definition) is 1. The van der Waals surface area contributed by atoms with Crippen molar-refractivity contribution in [2.45, 2.75) is 49.5 Å². The third-order valence-electron chi connectivity index (χ3n) is 3.88. The maximum atomic E-state index is 12.3. The van der Waals surface area contributed by atoms with Crippen LogP contribution in [0.1, 0.15) is 32.6 Å². The lowest BCUT2D eigenvalue weighted by Crippen LogP contribution is -2.45. The summed E-state index contributed by atoms with van der Waals surface area (Å²) >= 11 is 0. The Hall–Kier alpha value is -0.170. The lowest BCUT2D eigenvalue weighted by molar-refractivity contribution is -0.0778. The summed E-state index contributed by atoms with van der Waals surface area (Å²) in [7, 11) is -3.06. The zero-order chi connectivity index (χ0) is 13.2. The topological polar surface area (TPSA) is 78.6 Å². The Labute approximate surface area is 109 Å². The van der Waals surface area contributed by atoms with Gasteiger partial charge >= 0.3 is 0 Å². The normalized spacial score (nSPS) is 34.9. The Kier molecular flexibility index (Phi) is 4.31. The van der Waals surface area contributed by atoms with Crippen LogP contribution in [0.5, 0.6) is 0 Å². The van der Waals surface area contributed by atoms with E-state index in [1.54, 1.807) is 0 Å². The van der Waals surface area contributed by atoms with Gasteiger partial charge in [0.1, 0.15) is 0 Å². The largest absolute Gasteiger partial charge is 0.378 e. The zero-order valence-electron chi connectivity index (χ0n) is 10.9. The van der Waals surface area contributed by atoms with Crippen molar-refractivity contribution >= 4 is 9.84 Å². The molecule has 0 radical (unpaired) electrons. The number of sulfone groups is 1. The van der Waals surface area contributed by atoms with Crippen LogP contribution in [0.25, 0.3) is 0 Å². The first kappa shape index (κ1) is 14.2. The van der Waals surface area contributed by atoms with E-state index in [0.29, 0.717) is 39.1 Å². The van der Waals surface area contributed by atoms with Gasteiger partial charge < -0.3 is 15.2 Å². The van der Waals surface area contributed by atoms with Crippen LogP contribution in [0.4, 0.5) is 0 Å². The molecule has 1 spiro atoms. The molecule has 2 rings (SSSR count). The summed E-state index contributed by atoms with van der Waals surface area (Å²) in [6.45, 7) is 3.57. The third kappa shape index (κ3) is 3.23. The molecule has 2 saturated heterocycles. The highest BCUT2D eigenvalue weighted by Gasteiger charge is 2.44. The molecule has 0 aromatic heterocycles. The van der Waals surface area contributed by atoms with E-state index in [9.17, 15) is 8.42 Å². The van der Waals surface area contributed by atoms with Gasteiger partial charge in [-0.2, -0.15) is 0 Å². The SMILES string of the molecule is CC(N)CCS(=O)(=O)C1CCOC2(CCOC2)C1. The van der Waals surface area contributed by atoms with Gasteiger partial charge in [0.05, 0.1) is 23.2 Å². The second-order valence-corrected chi connectivity index (χ2v) is 7.98. The molecule has 2 aliphatic heterocycles. The van der Waals surface area contributed by atoms with E-state index < -0.39 is 9.84 Å². The van der Waals surface area contributed by atoms with Gasteiger partial charge in [0.25, 0.3) is 0 Å². The molecule has 5 nitrogen and oxygen atoms in total. The Morgan fingerprint density at radius 2 is 2.22 bits per heavy atom. The average Bonchev–Trinajstić information content (AvgIpc) is 2.75. The van der Waals surface area contributed by atoms with Crippen molar-refractivity contribution in [3.63, 3.8) is 0 Å². The van der Waals surface area contributed by atoms with Gasteiger partial charge in [0, 0.05) is 25.7 Å². The van der Waals surface area contributed by atoms with Gasteiger partial charge in [0.15, 0.2) is 9.84 Å². The van der Waals surface area contributed by atoms with E-state index in [2.05, 4.69) is 0 Å². The minimum Gasteiger partial charge on any atom is -0.378 e. The van der Waals surface area contributed by atoms with Crippen molar-refractivity contribution < 1.29 is 17.9 Å². The number of ether oxygens (including phenoxy) is 2. The number of nitrogens with two attached hydrogens (primary N) is 1. The standard InChI is InChI=1S/C12H23NO4S/c1-10(13)3-7-18(14,15)11-2-5-17-12(8-11)4-6-16-9-12/h10-11H,2-9,13H2,1H3. The first-order chi connectivity index (χ1) is 8.44. The average molecular weight is 277 g/mol. The maximum Gasteiger partial charge on any atom is 0.153 e. The van der Waals surface area contributed by atoms with E-state index in [4.69, 9.17) is 15.2 Å². The minimum absolute atomic E-state index is 0.0663. The molecule has 0 aromatic rings. The molecule has 0 aromatic carbocycles. The first-order valence-electron chi connectivity index (χ1n) is 6.62. The smallest absolute Gasteiger partial charge is 0.153 e. The summed E-state index contributed by atoms with van der Waals surface area (Å²) in [5, 5.41) is -0.285. The van der Waals surface area contributed by atoms with Gasteiger partial charge in [-0.25, -0.2) is 8.42 Å². The van der Waals surface area contributed by atoms with E-state index in [1.165, 1.54) is 0 Å². The fourth-order valence-electron chi connectivity index (χ4n) is 2.67. The lowest BCUT2D eigenvalue weighted by Gasteiger charge is -2.36. The molecule has 3 unspecified atom stereocenters. The van der Waals surface area contributed by atoms with Crippen molar-refractivity contribution in [2.75, 3.05) is 25.6 Å². The Balaban J connectivity index is 1.99. The van der Waals surface area contributed by atoms with Crippen LogP contribution in [0.2, 0.25) is 0 Å². The van der Waals surface area contributed by atoms with Gasteiger partial charge in [0.2, 0.25) is 0 Å². The van der Waals surface area contributed by atoms with Crippen molar-refractivity contribution in [3.05, 3.63) is 0 Å². The molecule has 2 fully saturated rings. The fraction of sp³-hybridized carbons (Fsp3) is 1.00. The van der Waals surface area contributed by atoms with Crippen LogP contribution in [-0.4, -0.2) is 50.9 Å². The van der Waals surface area contributed by atoms with E-state index in [-0.39, 0.29) is 22.6 Å². The predicted octanol–water partition coefficient (Wildman–Crippen LogP) is 0.477. The molecular weight excluding hydrogens is 254 g/mol. The number of rotatable bonds is 4. The van der Waals surface area contributed by atoms with Crippen molar-refractivity contribution in [1.82, 2.24) is 0 Å². The van der Waals surface area contributed by atoms with Crippen LogP contribution in [0.15, 0.2) is 0 Å². The monoisotopic (exact) mass is 277 g/mol. The fourth-order valence-corrected chi connectivity index (χ4v) is 4.72. The Morgan fingerprint density at radius 1 is 1.44 bits per heavy atom. The van der Waals surface area contributed by atoms with Crippen molar-refractivity contribution in [2.24, 2.45) is 5.73 Å². The minimum atomic E-state index is -3.06. The second-order valence-electron chi connectivity index (χ2n) is 5.58. The van der Waals surface area contributed by atoms with Gasteiger partial charge in [-0.1, -0.05) is 0 Å². The molecule has 6 heteroatoms. The molecule has 106 valence electrons. The molecule has 3 atom stereocenters. The summed E-state index contributed by atoms with van der Waals surface area (Å²) in [6.07, 6.45) is 2.52. The molecule has 2 heterocycles. The lowest BCUT2D eigenvalue weighted by atomic mass is 9.93. The Bertz CT molecular complexity index is 374. The van der Waals surface area contributed by atoms with Gasteiger partial charge in [-0.3, -0.25) is 0 Å². The summed E-state index contributed by atoms with van der Waals surface area (Å²) in [5.74, 6) is 0.187. The molecule has 18 heavy (non-hydrogen) atoms. The molecule has 2 N–H and O–H groups in total. The molecule has 0 amide bonds. The molecule has 0 aliphatic carbocycles. The van der Waals surface area contributed by atoms with Crippen LogP contribution in [-0.2, 0) is 19.3 Å². The van der Waals surface area contributed by atoms with Crippen molar-refractivity contribution in [1.29, 1.82) is 0 Å². The van der Waals surface area contributed by atoms with Gasteiger partial charge in [-0.15, -0.1) is 0 Å². The van der Waals surface area contributed by atoms with E-state index in [0.717, 1.165) is 6.42 Å². The maximum absolute atomic E-state index is 12.3. The summed E-state index contributed by atoms with van der Waals surface area (Å²) in [6, 6.07) is -0.0663.